The number of hydrogen-bond donors (Lipinski definition) is 0. The normalized spacial score (nSPS) is 21.6. The van der Waals surface area contributed by atoms with Gasteiger partial charge in [0.15, 0.2) is 5.78 Å². The Bertz CT molecular complexity index is 547. The highest BCUT2D eigenvalue weighted by atomic mass is 16.5. The second-order valence-electron chi connectivity index (χ2n) is 5.49. The molecule has 1 amide bonds. The van der Waals surface area contributed by atoms with Crippen LogP contribution in [0, 0.1) is 0 Å². The zero-order chi connectivity index (χ0) is 14.1. The van der Waals surface area contributed by atoms with Crippen LogP contribution in [0.5, 0.6) is 0 Å². The molecule has 0 N–H and O–H groups in total. The van der Waals surface area contributed by atoms with Crippen molar-refractivity contribution >= 4 is 17.4 Å². The molecule has 1 fully saturated rings. The summed E-state index contributed by atoms with van der Waals surface area (Å²) in [6.07, 6.45) is 3.37. The van der Waals surface area contributed by atoms with E-state index in [0.717, 1.165) is 36.9 Å². The summed E-state index contributed by atoms with van der Waals surface area (Å²) >= 11 is 0. The van der Waals surface area contributed by atoms with E-state index in [-0.39, 0.29) is 17.8 Å². The number of carbonyl (C=O) groups excluding carboxylic acids is 2. The Morgan fingerprint density at radius 1 is 1.30 bits per heavy atom. The van der Waals surface area contributed by atoms with Gasteiger partial charge in [-0.25, -0.2) is 0 Å². The lowest BCUT2D eigenvalue weighted by molar-refractivity contribution is -0.127. The smallest absolute Gasteiger partial charge is 0.256 e. The van der Waals surface area contributed by atoms with Crippen molar-refractivity contribution in [2.45, 2.75) is 38.7 Å². The molecule has 106 valence electrons. The quantitative estimate of drug-likeness (QED) is 0.777. The van der Waals surface area contributed by atoms with Crippen molar-refractivity contribution in [3.8, 4) is 0 Å². The van der Waals surface area contributed by atoms with Crippen LogP contribution in [0.15, 0.2) is 18.2 Å². The summed E-state index contributed by atoms with van der Waals surface area (Å²) in [6, 6.07) is 5.67. The zero-order valence-corrected chi connectivity index (χ0v) is 11.7. The van der Waals surface area contributed by atoms with E-state index in [1.165, 1.54) is 0 Å². The first-order chi connectivity index (χ1) is 9.66. The number of benzene rings is 1. The minimum Gasteiger partial charge on any atom is -0.368 e. The van der Waals surface area contributed by atoms with E-state index in [0.29, 0.717) is 18.7 Å². The monoisotopic (exact) mass is 273 g/mol. The molecule has 3 rings (SSSR count). The fourth-order valence-corrected chi connectivity index (χ4v) is 2.97. The number of anilines is 1. The second-order valence-corrected chi connectivity index (χ2v) is 5.49. The molecule has 2 aliphatic rings. The molecular formula is C16H19NO3. The third-order valence-electron chi connectivity index (χ3n) is 4.08. The van der Waals surface area contributed by atoms with Crippen molar-refractivity contribution in [3.63, 3.8) is 0 Å². The first-order valence-electron chi connectivity index (χ1n) is 7.23. The van der Waals surface area contributed by atoms with Gasteiger partial charge >= 0.3 is 0 Å². The van der Waals surface area contributed by atoms with Crippen LogP contribution in [0.2, 0.25) is 0 Å². The van der Waals surface area contributed by atoms with Gasteiger partial charge in [0.25, 0.3) is 5.91 Å². The molecule has 1 unspecified atom stereocenters. The minimum absolute atomic E-state index is 0.0305. The Balaban J connectivity index is 1.93. The lowest BCUT2D eigenvalue weighted by Crippen LogP contribution is -2.42. The van der Waals surface area contributed by atoms with Gasteiger partial charge in [-0.15, -0.1) is 0 Å². The van der Waals surface area contributed by atoms with Gasteiger partial charge in [-0.1, -0.05) is 12.1 Å². The van der Waals surface area contributed by atoms with Gasteiger partial charge in [0.2, 0.25) is 0 Å². The molecule has 2 heterocycles. The molecular weight excluding hydrogens is 254 g/mol. The Morgan fingerprint density at radius 2 is 2.15 bits per heavy atom. The average Bonchev–Trinajstić information content (AvgIpc) is 2.99. The van der Waals surface area contributed by atoms with Gasteiger partial charge in [-0.05, 0) is 44.2 Å². The lowest BCUT2D eigenvalue weighted by atomic mass is 9.97. The van der Waals surface area contributed by atoms with Gasteiger partial charge in [-0.2, -0.15) is 0 Å². The topological polar surface area (TPSA) is 46.6 Å². The lowest BCUT2D eigenvalue weighted by Gasteiger charge is -2.31. The maximum atomic E-state index is 12.6. The SMILES string of the molecule is CC(=O)c1ccc2c(c1)N(C(=O)C1CCCO1)CCC2. The van der Waals surface area contributed by atoms with Crippen LogP contribution in [0.25, 0.3) is 0 Å². The molecule has 20 heavy (non-hydrogen) atoms. The average molecular weight is 273 g/mol. The summed E-state index contributed by atoms with van der Waals surface area (Å²) in [5, 5.41) is 0. The molecule has 0 radical (unpaired) electrons. The first-order valence-corrected chi connectivity index (χ1v) is 7.23. The van der Waals surface area contributed by atoms with Crippen LogP contribution in [0.1, 0.15) is 42.1 Å². The highest BCUT2D eigenvalue weighted by Gasteiger charge is 2.31. The van der Waals surface area contributed by atoms with Crippen molar-refractivity contribution in [1.29, 1.82) is 0 Å². The minimum atomic E-state index is -0.304. The van der Waals surface area contributed by atoms with Crippen LogP contribution in [-0.2, 0) is 16.0 Å². The second kappa shape index (κ2) is 5.37. The first kappa shape index (κ1) is 13.3. The fourth-order valence-electron chi connectivity index (χ4n) is 2.97. The van der Waals surface area contributed by atoms with Gasteiger partial charge in [0, 0.05) is 24.4 Å². The largest absolute Gasteiger partial charge is 0.368 e. The summed E-state index contributed by atoms with van der Waals surface area (Å²) in [4.78, 5) is 25.9. The number of rotatable bonds is 2. The number of ketones is 1. The van der Waals surface area contributed by atoms with Gasteiger partial charge in [0.05, 0.1) is 0 Å². The van der Waals surface area contributed by atoms with E-state index in [4.69, 9.17) is 4.74 Å². The molecule has 0 aromatic heterocycles. The maximum Gasteiger partial charge on any atom is 0.256 e. The fraction of sp³-hybridized carbons (Fsp3) is 0.500. The van der Waals surface area contributed by atoms with E-state index >= 15 is 0 Å². The number of Topliss-reactive ketones (excluding diaryl/α,β-unsaturated/α-hetero) is 1. The number of nitrogens with zero attached hydrogens (tertiary/aromatic N) is 1. The Hall–Kier alpha value is -1.68. The highest BCUT2D eigenvalue weighted by Crippen LogP contribution is 2.30. The predicted molar refractivity (Wildman–Crippen MR) is 76.1 cm³/mol. The summed E-state index contributed by atoms with van der Waals surface area (Å²) in [7, 11) is 0. The number of hydrogen-bond acceptors (Lipinski definition) is 3. The molecule has 2 aliphatic heterocycles. The molecule has 1 saturated heterocycles. The van der Waals surface area contributed by atoms with E-state index in [1.807, 2.05) is 18.2 Å². The number of amides is 1. The van der Waals surface area contributed by atoms with Crippen molar-refractivity contribution in [2.24, 2.45) is 0 Å². The van der Waals surface area contributed by atoms with Crippen LogP contribution in [0.3, 0.4) is 0 Å². The molecule has 4 heteroatoms. The molecule has 0 aliphatic carbocycles. The summed E-state index contributed by atoms with van der Waals surface area (Å²) in [6.45, 7) is 2.94. The Morgan fingerprint density at radius 3 is 2.85 bits per heavy atom. The van der Waals surface area contributed by atoms with Gasteiger partial charge < -0.3 is 9.64 Å². The third kappa shape index (κ3) is 2.36. The molecule has 1 atom stereocenters. The van der Waals surface area contributed by atoms with Crippen molar-refractivity contribution in [3.05, 3.63) is 29.3 Å². The van der Waals surface area contributed by atoms with Crippen LogP contribution < -0.4 is 4.90 Å². The number of fused-ring (bicyclic) bond motifs is 1. The summed E-state index contributed by atoms with van der Waals surface area (Å²) in [5.41, 5.74) is 2.70. The van der Waals surface area contributed by atoms with Crippen molar-refractivity contribution < 1.29 is 14.3 Å². The van der Waals surface area contributed by atoms with Crippen LogP contribution >= 0.6 is 0 Å². The molecule has 0 spiro atoms. The molecule has 1 aromatic carbocycles. The molecule has 0 saturated carbocycles. The maximum absolute atomic E-state index is 12.6. The van der Waals surface area contributed by atoms with E-state index in [9.17, 15) is 9.59 Å². The third-order valence-corrected chi connectivity index (χ3v) is 4.08. The van der Waals surface area contributed by atoms with Gasteiger partial charge in [-0.3, -0.25) is 9.59 Å². The van der Waals surface area contributed by atoms with E-state index < -0.39 is 0 Å². The standard InChI is InChI=1S/C16H19NO3/c1-11(18)13-7-6-12-4-2-8-17(14(12)10-13)16(19)15-5-3-9-20-15/h6-7,10,15H,2-5,8-9H2,1H3. The highest BCUT2D eigenvalue weighted by molar-refractivity contribution is 6.00. The Kier molecular flexibility index (Phi) is 3.57. The summed E-state index contributed by atoms with van der Waals surface area (Å²) < 4.78 is 5.50. The van der Waals surface area contributed by atoms with E-state index in [2.05, 4.69) is 0 Å². The zero-order valence-electron chi connectivity index (χ0n) is 11.7. The number of carbonyl (C=O) groups is 2. The van der Waals surface area contributed by atoms with Crippen LogP contribution in [-0.4, -0.2) is 30.9 Å². The van der Waals surface area contributed by atoms with Gasteiger partial charge in [0.1, 0.15) is 6.10 Å². The molecule has 0 bridgehead atoms. The Labute approximate surface area is 118 Å². The van der Waals surface area contributed by atoms with Crippen molar-refractivity contribution in [2.75, 3.05) is 18.1 Å². The van der Waals surface area contributed by atoms with Crippen LogP contribution in [0.4, 0.5) is 5.69 Å². The summed E-state index contributed by atoms with van der Waals surface area (Å²) in [5.74, 6) is 0.0760. The van der Waals surface area contributed by atoms with E-state index in [1.54, 1.807) is 11.8 Å². The predicted octanol–water partition coefficient (Wildman–Crippen LogP) is 2.35. The number of aryl methyl sites for hydroxylation is 1. The number of ether oxygens (including phenoxy) is 1. The molecule has 4 nitrogen and oxygen atoms in total. The van der Waals surface area contributed by atoms with Crippen molar-refractivity contribution in [1.82, 2.24) is 0 Å². The molecule has 1 aromatic rings.